The normalized spacial score (nSPS) is 15.1. The third kappa shape index (κ3) is 2.70. The van der Waals surface area contributed by atoms with Gasteiger partial charge in [-0.3, -0.25) is 0 Å². The average Bonchev–Trinajstić information content (AvgIpc) is 2.49. The van der Waals surface area contributed by atoms with Crippen LogP contribution in [0.4, 0.5) is 0 Å². The molecule has 1 unspecified atom stereocenters. The Morgan fingerprint density at radius 3 is 2.50 bits per heavy atom. The summed E-state index contributed by atoms with van der Waals surface area (Å²) in [5.74, 6) is 0.471. The number of nitrogens with zero attached hydrogens (tertiary/aromatic N) is 4. The zero-order valence-electron chi connectivity index (χ0n) is 9.68. The minimum Gasteiger partial charge on any atom is -0.229 e. The highest BCUT2D eigenvalue weighted by Crippen LogP contribution is 2.21. The summed E-state index contributed by atoms with van der Waals surface area (Å²) in [5, 5.41) is 10.6. The van der Waals surface area contributed by atoms with Gasteiger partial charge in [-0.1, -0.05) is 0 Å². The van der Waals surface area contributed by atoms with Crippen molar-refractivity contribution in [2.45, 2.75) is 37.4 Å². The molecule has 0 fully saturated rings. The van der Waals surface area contributed by atoms with E-state index < -0.39 is 14.6 Å². The fraction of sp³-hybridized carbons (Fsp3) is 0.875. The number of tetrazole rings is 1. The lowest BCUT2D eigenvalue weighted by Crippen LogP contribution is -2.36. The zero-order chi connectivity index (χ0) is 12.6. The molecule has 0 radical (unpaired) electrons. The van der Waals surface area contributed by atoms with Crippen molar-refractivity contribution in [3.63, 3.8) is 0 Å². The maximum atomic E-state index is 11.5. The summed E-state index contributed by atoms with van der Waals surface area (Å²) in [6, 6.07) is 0. The van der Waals surface area contributed by atoms with E-state index in [1.54, 1.807) is 20.8 Å². The fourth-order valence-corrected chi connectivity index (χ4v) is 1.60. The van der Waals surface area contributed by atoms with Crippen molar-refractivity contribution >= 4 is 21.4 Å². The van der Waals surface area contributed by atoms with Crippen LogP contribution in [0.5, 0.6) is 0 Å². The van der Waals surface area contributed by atoms with Crippen LogP contribution in [0.1, 0.15) is 32.0 Å². The summed E-state index contributed by atoms with van der Waals surface area (Å²) in [7, 11) is -3.18. The maximum Gasteiger partial charge on any atom is 0.168 e. The Kier molecular flexibility index (Phi) is 3.59. The minimum absolute atomic E-state index is 0.186. The molecule has 1 aromatic rings. The molecule has 0 bridgehead atoms. The minimum atomic E-state index is -3.18. The third-order valence-electron chi connectivity index (χ3n) is 2.45. The molecule has 0 amide bonds. The summed E-state index contributed by atoms with van der Waals surface area (Å²) in [5.41, 5.74) is 0. The molecule has 1 heterocycles. The largest absolute Gasteiger partial charge is 0.229 e. The number of hydrogen-bond donors (Lipinski definition) is 0. The van der Waals surface area contributed by atoms with Crippen LogP contribution >= 0.6 is 11.6 Å². The van der Waals surface area contributed by atoms with Gasteiger partial charge in [-0.05, 0) is 31.2 Å². The Labute approximate surface area is 99.9 Å². The molecule has 0 aliphatic rings. The van der Waals surface area contributed by atoms with E-state index in [-0.39, 0.29) is 11.9 Å². The first-order valence-corrected chi connectivity index (χ1v) is 7.07. The van der Waals surface area contributed by atoms with Crippen LogP contribution in [0.15, 0.2) is 0 Å². The molecule has 0 saturated carbocycles. The molecule has 16 heavy (non-hydrogen) atoms. The van der Waals surface area contributed by atoms with Crippen LogP contribution in [-0.4, -0.2) is 39.6 Å². The molecule has 0 N–H and O–H groups in total. The number of alkyl halides is 1. The average molecular weight is 267 g/mol. The molecule has 0 aromatic carbocycles. The molecule has 1 atom stereocenters. The van der Waals surface area contributed by atoms with Gasteiger partial charge in [-0.2, -0.15) is 0 Å². The highest BCUT2D eigenvalue weighted by atomic mass is 35.5. The van der Waals surface area contributed by atoms with Gasteiger partial charge in [-0.25, -0.2) is 13.1 Å². The van der Waals surface area contributed by atoms with Crippen molar-refractivity contribution in [3.8, 4) is 0 Å². The molecule has 8 heteroatoms. The van der Waals surface area contributed by atoms with E-state index in [1.807, 2.05) is 0 Å². The molecular weight excluding hydrogens is 252 g/mol. The van der Waals surface area contributed by atoms with Crippen molar-refractivity contribution in [3.05, 3.63) is 5.82 Å². The van der Waals surface area contributed by atoms with Gasteiger partial charge in [-0.15, -0.1) is 16.7 Å². The lowest BCUT2D eigenvalue weighted by Gasteiger charge is -2.22. The standard InChI is InChI=1S/C8H15ClN4O2S/c1-6(9)7-10-11-12-13(7)5-8(2,3)16(4,14)15/h6H,5H2,1-4H3. The topological polar surface area (TPSA) is 77.7 Å². The molecular formula is C8H15ClN4O2S. The number of aromatic nitrogens is 4. The number of sulfone groups is 1. The number of hydrogen-bond acceptors (Lipinski definition) is 5. The lowest BCUT2D eigenvalue weighted by atomic mass is 10.2. The van der Waals surface area contributed by atoms with Gasteiger partial charge in [0.2, 0.25) is 0 Å². The molecule has 0 aliphatic carbocycles. The second-order valence-electron chi connectivity index (χ2n) is 4.34. The molecule has 0 saturated heterocycles. The van der Waals surface area contributed by atoms with Gasteiger partial charge in [0, 0.05) is 6.26 Å². The molecule has 92 valence electrons. The first-order chi connectivity index (χ1) is 7.15. The van der Waals surface area contributed by atoms with E-state index >= 15 is 0 Å². The Bertz CT molecular complexity index is 466. The van der Waals surface area contributed by atoms with Crippen LogP contribution in [0.2, 0.25) is 0 Å². The van der Waals surface area contributed by atoms with Crippen LogP contribution in [-0.2, 0) is 16.4 Å². The highest BCUT2D eigenvalue weighted by molar-refractivity contribution is 7.92. The molecule has 0 spiro atoms. The van der Waals surface area contributed by atoms with E-state index in [0.29, 0.717) is 5.82 Å². The fourth-order valence-electron chi connectivity index (χ4n) is 1.09. The summed E-state index contributed by atoms with van der Waals surface area (Å²) in [6.45, 7) is 5.18. The summed E-state index contributed by atoms with van der Waals surface area (Å²) >= 11 is 5.88. The van der Waals surface area contributed by atoms with E-state index in [0.717, 1.165) is 0 Å². The predicted octanol–water partition coefficient (Wildman–Crippen LogP) is 0.796. The first-order valence-electron chi connectivity index (χ1n) is 4.75. The van der Waals surface area contributed by atoms with Crippen molar-refractivity contribution in [1.82, 2.24) is 20.2 Å². The van der Waals surface area contributed by atoms with Crippen molar-refractivity contribution < 1.29 is 8.42 Å². The van der Waals surface area contributed by atoms with Gasteiger partial charge in [0.25, 0.3) is 0 Å². The zero-order valence-corrected chi connectivity index (χ0v) is 11.2. The van der Waals surface area contributed by atoms with E-state index in [4.69, 9.17) is 11.6 Å². The van der Waals surface area contributed by atoms with Crippen LogP contribution in [0.3, 0.4) is 0 Å². The Morgan fingerprint density at radius 2 is 2.06 bits per heavy atom. The lowest BCUT2D eigenvalue weighted by molar-refractivity contribution is 0.458. The molecule has 1 aromatic heterocycles. The first kappa shape index (κ1) is 13.4. The quantitative estimate of drug-likeness (QED) is 0.753. The van der Waals surface area contributed by atoms with Crippen LogP contribution in [0, 0.1) is 0 Å². The second kappa shape index (κ2) is 4.29. The van der Waals surface area contributed by atoms with Crippen molar-refractivity contribution in [2.24, 2.45) is 0 Å². The van der Waals surface area contributed by atoms with Crippen molar-refractivity contribution in [1.29, 1.82) is 0 Å². The second-order valence-corrected chi connectivity index (χ2v) is 7.65. The SMILES string of the molecule is CC(Cl)c1nnnn1CC(C)(C)S(C)(=O)=O. The van der Waals surface area contributed by atoms with Gasteiger partial charge in [0.05, 0.1) is 16.7 Å². The van der Waals surface area contributed by atoms with Gasteiger partial charge in [0.15, 0.2) is 15.7 Å². The Morgan fingerprint density at radius 1 is 1.50 bits per heavy atom. The van der Waals surface area contributed by atoms with Gasteiger partial charge >= 0.3 is 0 Å². The maximum absolute atomic E-state index is 11.5. The monoisotopic (exact) mass is 266 g/mol. The third-order valence-corrected chi connectivity index (χ3v) is 4.78. The number of rotatable bonds is 4. The Balaban J connectivity index is 3.02. The van der Waals surface area contributed by atoms with Crippen LogP contribution < -0.4 is 0 Å². The van der Waals surface area contributed by atoms with E-state index in [2.05, 4.69) is 15.5 Å². The summed E-state index contributed by atoms with van der Waals surface area (Å²) in [4.78, 5) is 0. The Hall–Kier alpha value is -0.690. The highest BCUT2D eigenvalue weighted by Gasteiger charge is 2.32. The molecule has 0 aliphatic heterocycles. The summed E-state index contributed by atoms with van der Waals surface area (Å²) < 4.78 is 23.6. The summed E-state index contributed by atoms with van der Waals surface area (Å²) in [6.07, 6.45) is 1.20. The predicted molar refractivity (Wildman–Crippen MR) is 61.0 cm³/mol. The van der Waals surface area contributed by atoms with Gasteiger partial charge < -0.3 is 0 Å². The van der Waals surface area contributed by atoms with Gasteiger partial charge in [0.1, 0.15) is 0 Å². The molecule has 1 rings (SSSR count). The van der Waals surface area contributed by atoms with E-state index in [1.165, 1.54) is 10.9 Å². The van der Waals surface area contributed by atoms with Crippen LogP contribution in [0.25, 0.3) is 0 Å². The van der Waals surface area contributed by atoms with E-state index in [9.17, 15) is 8.42 Å². The molecule has 6 nitrogen and oxygen atoms in total. The number of halogens is 1. The van der Waals surface area contributed by atoms with Crippen molar-refractivity contribution in [2.75, 3.05) is 6.26 Å². The smallest absolute Gasteiger partial charge is 0.168 e.